The van der Waals surface area contributed by atoms with E-state index in [9.17, 15) is 4.79 Å². The predicted octanol–water partition coefficient (Wildman–Crippen LogP) is 2.81. The SMILES string of the molecule is N#Cc1cccc(Nc2ccc(NC(=O)C3CCCO3)cn2)c1. The molecule has 1 saturated heterocycles. The molecule has 0 radical (unpaired) electrons. The first-order valence-corrected chi connectivity index (χ1v) is 7.40. The van der Waals surface area contributed by atoms with Crippen LogP contribution in [0.1, 0.15) is 18.4 Å². The number of carbonyl (C=O) groups excluding carboxylic acids is 1. The third kappa shape index (κ3) is 3.84. The first kappa shape index (κ1) is 15.0. The largest absolute Gasteiger partial charge is 0.368 e. The number of hydrogen-bond acceptors (Lipinski definition) is 5. The smallest absolute Gasteiger partial charge is 0.253 e. The summed E-state index contributed by atoms with van der Waals surface area (Å²) in [6.45, 7) is 0.640. The van der Waals surface area contributed by atoms with Crippen LogP contribution < -0.4 is 10.6 Å². The number of nitrogens with zero attached hydrogens (tertiary/aromatic N) is 2. The molecule has 1 unspecified atom stereocenters. The Bertz CT molecular complexity index is 731. The lowest BCUT2D eigenvalue weighted by Gasteiger charge is -2.11. The Morgan fingerprint density at radius 1 is 1.30 bits per heavy atom. The molecule has 1 aliphatic heterocycles. The second kappa shape index (κ2) is 6.90. The van der Waals surface area contributed by atoms with Crippen molar-refractivity contribution in [2.24, 2.45) is 0 Å². The molecule has 2 N–H and O–H groups in total. The van der Waals surface area contributed by atoms with Crippen LogP contribution in [0.5, 0.6) is 0 Å². The lowest BCUT2D eigenvalue weighted by molar-refractivity contribution is -0.124. The van der Waals surface area contributed by atoms with Gasteiger partial charge in [-0.1, -0.05) is 6.07 Å². The van der Waals surface area contributed by atoms with Crippen LogP contribution in [0.2, 0.25) is 0 Å². The standard InChI is InChI=1S/C17H16N4O2/c18-10-12-3-1-4-13(9-12)20-16-7-6-14(11-19-16)21-17(22)15-5-2-8-23-15/h1,3-4,6-7,9,11,15H,2,5,8H2,(H,19,20)(H,21,22). The van der Waals surface area contributed by atoms with Gasteiger partial charge >= 0.3 is 0 Å². The minimum absolute atomic E-state index is 0.133. The Labute approximate surface area is 134 Å². The maximum atomic E-state index is 12.0. The highest BCUT2D eigenvalue weighted by Gasteiger charge is 2.23. The van der Waals surface area contributed by atoms with E-state index in [4.69, 9.17) is 10.00 Å². The van der Waals surface area contributed by atoms with Crippen molar-refractivity contribution in [1.82, 2.24) is 4.98 Å². The third-order valence-electron chi connectivity index (χ3n) is 3.52. The van der Waals surface area contributed by atoms with Crippen molar-refractivity contribution < 1.29 is 9.53 Å². The zero-order valence-corrected chi connectivity index (χ0v) is 12.5. The lowest BCUT2D eigenvalue weighted by atomic mass is 10.2. The molecule has 1 aromatic carbocycles. The van der Waals surface area contributed by atoms with Crippen LogP contribution >= 0.6 is 0 Å². The Hall–Kier alpha value is -2.91. The molecule has 1 amide bonds. The number of pyridine rings is 1. The molecule has 116 valence electrons. The van der Waals surface area contributed by atoms with Crippen molar-refractivity contribution >= 4 is 23.1 Å². The Kier molecular flexibility index (Phi) is 4.50. The first-order chi connectivity index (χ1) is 11.2. The molecule has 0 saturated carbocycles. The number of carbonyl (C=O) groups is 1. The summed E-state index contributed by atoms with van der Waals surface area (Å²) < 4.78 is 5.34. The molecule has 1 aromatic heterocycles. The lowest BCUT2D eigenvalue weighted by Crippen LogP contribution is -2.26. The van der Waals surface area contributed by atoms with Crippen LogP contribution in [-0.2, 0) is 9.53 Å². The van der Waals surface area contributed by atoms with E-state index in [-0.39, 0.29) is 12.0 Å². The quantitative estimate of drug-likeness (QED) is 0.907. The summed E-state index contributed by atoms with van der Waals surface area (Å²) in [5.74, 6) is 0.502. The first-order valence-electron chi connectivity index (χ1n) is 7.40. The fourth-order valence-corrected chi connectivity index (χ4v) is 2.36. The fourth-order valence-electron chi connectivity index (χ4n) is 2.36. The number of nitrogens with one attached hydrogen (secondary N) is 2. The van der Waals surface area contributed by atoms with E-state index in [2.05, 4.69) is 21.7 Å². The van der Waals surface area contributed by atoms with Crippen LogP contribution in [0.4, 0.5) is 17.2 Å². The van der Waals surface area contributed by atoms with Gasteiger partial charge in [0.2, 0.25) is 0 Å². The van der Waals surface area contributed by atoms with E-state index < -0.39 is 0 Å². The summed E-state index contributed by atoms with van der Waals surface area (Å²) in [5, 5.41) is 14.8. The molecule has 0 bridgehead atoms. The fraction of sp³-hybridized carbons (Fsp3) is 0.235. The molecule has 0 aliphatic carbocycles. The van der Waals surface area contributed by atoms with E-state index in [1.807, 2.05) is 6.07 Å². The molecule has 23 heavy (non-hydrogen) atoms. The molecule has 3 rings (SSSR count). The summed E-state index contributed by atoms with van der Waals surface area (Å²) in [5.41, 5.74) is 1.99. The predicted molar refractivity (Wildman–Crippen MR) is 86.3 cm³/mol. The molecule has 1 fully saturated rings. The van der Waals surface area contributed by atoms with Crippen molar-refractivity contribution in [1.29, 1.82) is 5.26 Å². The summed E-state index contributed by atoms with van der Waals surface area (Å²) in [7, 11) is 0. The number of hydrogen-bond donors (Lipinski definition) is 2. The second-order valence-electron chi connectivity index (χ2n) is 5.24. The van der Waals surface area contributed by atoms with Gasteiger partial charge in [-0.2, -0.15) is 5.26 Å². The zero-order chi connectivity index (χ0) is 16.1. The van der Waals surface area contributed by atoms with Crippen LogP contribution in [0.15, 0.2) is 42.6 Å². The maximum Gasteiger partial charge on any atom is 0.253 e. The molecular weight excluding hydrogens is 292 g/mol. The zero-order valence-electron chi connectivity index (χ0n) is 12.5. The van der Waals surface area contributed by atoms with E-state index in [1.165, 1.54) is 0 Å². The maximum absolute atomic E-state index is 12.0. The second-order valence-corrected chi connectivity index (χ2v) is 5.24. The van der Waals surface area contributed by atoms with E-state index in [1.54, 1.807) is 36.5 Å². The number of anilines is 3. The van der Waals surface area contributed by atoms with Crippen molar-refractivity contribution in [3.8, 4) is 6.07 Å². The monoisotopic (exact) mass is 308 g/mol. The highest BCUT2D eigenvalue weighted by atomic mass is 16.5. The van der Waals surface area contributed by atoms with Crippen LogP contribution in [0.3, 0.4) is 0 Å². The third-order valence-corrected chi connectivity index (χ3v) is 3.52. The van der Waals surface area contributed by atoms with Gasteiger partial charge in [0.05, 0.1) is 23.5 Å². The molecule has 6 nitrogen and oxygen atoms in total. The molecule has 2 aromatic rings. The van der Waals surface area contributed by atoms with E-state index in [0.29, 0.717) is 23.7 Å². The molecule has 2 heterocycles. The Balaban J connectivity index is 1.62. The molecule has 1 atom stereocenters. The summed E-state index contributed by atoms with van der Waals surface area (Å²) in [6, 6.07) is 12.8. The minimum Gasteiger partial charge on any atom is -0.368 e. The van der Waals surface area contributed by atoms with Crippen molar-refractivity contribution in [2.75, 3.05) is 17.2 Å². The van der Waals surface area contributed by atoms with Gasteiger partial charge in [-0.15, -0.1) is 0 Å². The highest BCUT2D eigenvalue weighted by molar-refractivity contribution is 5.94. The van der Waals surface area contributed by atoms with Crippen molar-refractivity contribution in [3.05, 3.63) is 48.2 Å². The minimum atomic E-state index is -0.360. The van der Waals surface area contributed by atoms with Gasteiger partial charge in [-0.05, 0) is 43.2 Å². The van der Waals surface area contributed by atoms with Gasteiger partial charge in [0, 0.05) is 12.3 Å². The van der Waals surface area contributed by atoms with Gasteiger partial charge in [-0.3, -0.25) is 4.79 Å². The molecule has 1 aliphatic rings. The molecular formula is C17H16N4O2. The average Bonchev–Trinajstić information content (AvgIpc) is 3.11. The van der Waals surface area contributed by atoms with Gasteiger partial charge in [-0.25, -0.2) is 4.98 Å². The summed E-state index contributed by atoms with van der Waals surface area (Å²) in [4.78, 5) is 16.2. The summed E-state index contributed by atoms with van der Waals surface area (Å²) >= 11 is 0. The van der Waals surface area contributed by atoms with Crippen molar-refractivity contribution in [3.63, 3.8) is 0 Å². The number of rotatable bonds is 4. The van der Waals surface area contributed by atoms with E-state index in [0.717, 1.165) is 18.5 Å². The number of ether oxygens (including phenoxy) is 1. The number of benzene rings is 1. The number of nitriles is 1. The Morgan fingerprint density at radius 3 is 2.91 bits per heavy atom. The summed E-state index contributed by atoms with van der Waals surface area (Å²) in [6.07, 6.45) is 2.90. The number of amides is 1. The molecule has 0 spiro atoms. The van der Waals surface area contributed by atoms with E-state index >= 15 is 0 Å². The normalized spacial score (nSPS) is 16.6. The average molecular weight is 308 g/mol. The van der Waals surface area contributed by atoms with Gasteiger partial charge in [0.1, 0.15) is 11.9 Å². The topological polar surface area (TPSA) is 87.0 Å². The van der Waals surface area contributed by atoms with Gasteiger partial charge < -0.3 is 15.4 Å². The highest BCUT2D eigenvalue weighted by Crippen LogP contribution is 2.18. The van der Waals surface area contributed by atoms with Crippen LogP contribution in [0.25, 0.3) is 0 Å². The Morgan fingerprint density at radius 2 is 2.22 bits per heavy atom. The van der Waals surface area contributed by atoms with Gasteiger partial charge in [0.15, 0.2) is 0 Å². The van der Waals surface area contributed by atoms with Crippen LogP contribution in [0, 0.1) is 11.3 Å². The number of aromatic nitrogens is 1. The van der Waals surface area contributed by atoms with Gasteiger partial charge in [0.25, 0.3) is 5.91 Å². The van der Waals surface area contributed by atoms with Crippen molar-refractivity contribution in [2.45, 2.75) is 18.9 Å². The molecule has 6 heteroatoms. The van der Waals surface area contributed by atoms with Crippen LogP contribution in [-0.4, -0.2) is 23.6 Å².